The van der Waals surface area contributed by atoms with E-state index in [9.17, 15) is 9.59 Å². The van der Waals surface area contributed by atoms with E-state index in [1.807, 2.05) is 31.2 Å². The molecule has 1 aromatic heterocycles. The molecule has 162 valence electrons. The first kappa shape index (κ1) is 23.4. The molecule has 0 saturated heterocycles. The zero-order valence-electron chi connectivity index (χ0n) is 17.5. The lowest BCUT2D eigenvalue weighted by atomic mass is 10.1. The first-order chi connectivity index (χ1) is 14.1. The quantitative estimate of drug-likeness (QED) is 0.346. The molecule has 0 radical (unpaired) electrons. The van der Waals surface area contributed by atoms with Crippen LogP contribution in [0.15, 0.2) is 24.3 Å². The van der Waals surface area contributed by atoms with Gasteiger partial charge in [-0.2, -0.15) is 0 Å². The summed E-state index contributed by atoms with van der Waals surface area (Å²) in [4.78, 5) is 32.1. The van der Waals surface area contributed by atoms with Crippen LogP contribution in [0.25, 0.3) is 0 Å². The summed E-state index contributed by atoms with van der Waals surface area (Å²) in [5.41, 5.74) is 12.9. The van der Waals surface area contributed by atoms with Gasteiger partial charge in [0.1, 0.15) is 0 Å². The summed E-state index contributed by atoms with van der Waals surface area (Å²) in [5, 5.41) is 5.65. The Labute approximate surface area is 181 Å². The van der Waals surface area contributed by atoms with E-state index < -0.39 is 5.91 Å². The van der Waals surface area contributed by atoms with Crippen LogP contribution in [0.1, 0.15) is 32.8 Å². The number of carbonyl (C=O) groups excluding carboxylic acids is 2. The number of aryl methyl sites for hydroxylation is 1. The minimum atomic E-state index is -0.452. The van der Waals surface area contributed by atoms with Crippen molar-refractivity contribution in [2.75, 3.05) is 51.7 Å². The molecule has 0 saturated carbocycles. The zero-order valence-corrected chi connectivity index (χ0v) is 18.3. The Morgan fingerprint density at radius 1 is 0.967 bits per heavy atom. The lowest BCUT2D eigenvalue weighted by Crippen LogP contribution is -2.46. The number of hydrogen-bond donors (Lipinski definition) is 4. The Hall–Kier alpha value is -2.91. The van der Waals surface area contributed by atoms with Crippen LogP contribution >= 0.6 is 11.6 Å². The third-order valence-corrected chi connectivity index (χ3v) is 4.94. The van der Waals surface area contributed by atoms with Gasteiger partial charge in [0.25, 0.3) is 11.8 Å². The molecule has 0 aliphatic rings. The molecule has 0 bridgehead atoms. The summed E-state index contributed by atoms with van der Waals surface area (Å²) in [6, 6.07) is 7.47. The van der Waals surface area contributed by atoms with E-state index in [1.54, 1.807) is 0 Å². The number of amides is 2. The normalized spacial score (nSPS) is 11.2. The van der Waals surface area contributed by atoms with Gasteiger partial charge in [-0.05, 0) is 19.1 Å². The van der Waals surface area contributed by atoms with E-state index >= 15 is 0 Å². The molecular formula is C20H29ClN7O2+. The fourth-order valence-electron chi connectivity index (χ4n) is 2.79. The number of halogens is 1. The summed E-state index contributed by atoms with van der Waals surface area (Å²) < 4.78 is 0.671. The lowest BCUT2D eigenvalue weighted by molar-refractivity contribution is -0.889. The monoisotopic (exact) mass is 434 g/mol. The van der Waals surface area contributed by atoms with E-state index in [2.05, 4.69) is 34.7 Å². The van der Waals surface area contributed by atoms with E-state index in [0.717, 1.165) is 18.5 Å². The van der Waals surface area contributed by atoms with Crippen LogP contribution in [0.5, 0.6) is 0 Å². The van der Waals surface area contributed by atoms with Crippen LogP contribution in [-0.4, -0.2) is 66.5 Å². The summed E-state index contributed by atoms with van der Waals surface area (Å²) in [6.07, 6.45) is 0.810. The highest BCUT2D eigenvalue weighted by Crippen LogP contribution is 2.17. The van der Waals surface area contributed by atoms with Gasteiger partial charge in [-0.25, -0.2) is 9.97 Å². The number of nitrogens with two attached hydrogens (primary N) is 2. The summed E-state index contributed by atoms with van der Waals surface area (Å²) in [6.45, 7) is 4.51. The fourth-order valence-corrected chi connectivity index (χ4v) is 2.92. The van der Waals surface area contributed by atoms with Gasteiger partial charge >= 0.3 is 0 Å². The van der Waals surface area contributed by atoms with Gasteiger partial charge in [-0.15, -0.1) is 0 Å². The van der Waals surface area contributed by atoms with Crippen LogP contribution in [0.3, 0.4) is 0 Å². The number of rotatable bonds is 9. The molecule has 30 heavy (non-hydrogen) atoms. The SMILES string of the molecule is Cc1ccc(C(=O)NCCC[N+](C)(C)CCNC(=O)c2nc(Cl)c(N)nc2N)cc1. The van der Waals surface area contributed by atoms with Gasteiger partial charge in [-0.1, -0.05) is 29.3 Å². The third kappa shape index (κ3) is 6.85. The van der Waals surface area contributed by atoms with Crippen LogP contribution in [0.2, 0.25) is 5.15 Å². The number of hydrogen-bond acceptors (Lipinski definition) is 6. The molecule has 2 rings (SSSR count). The van der Waals surface area contributed by atoms with Crippen molar-refractivity contribution in [2.45, 2.75) is 13.3 Å². The minimum Gasteiger partial charge on any atom is -0.382 e. The molecule has 10 heteroatoms. The van der Waals surface area contributed by atoms with Gasteiger partial charge in [-0.3, -0.25) is 9.59 Å². The molecule has 0 fully saturated rings. The number of nitrogens with one attached hydrogen (secondary N) is 2. The Balaban J connectivity index is 1.72. The van der Waals surface area contributed by atoms with Gasteiger partial charge in [0.05, 0.1) is 33.7 Å². The average Bonchev–Trinajstić information content (AvgIpc) is 2.68. The van der Waals surface area contributed by atoms with E-state index in [1.165, 1.54) is 0 Å². The number of anilines is 2. The minimum absolute atomic E-state index is 0.0158. The summed E-state index contributed by atoms with van der Waals surface area (Å²) in [7, 11) is 4.12. The van der Waals surface area contributed by atoms with Crippen molar-refractivity contribution in [2.24, 2.45) is 0 Å². The Morgan fingerprint density at radius 3 is 2.27 bits per heavy atom. The number of carbonyl (C=O) groups is 2. The Kier molecular flexibility index (Phi) is 7.96. The second-order valence-corrected chi connectivity index (χ2v) is 8.11. The van der Waals surface area contributed by atoms with Crippen LogP contribution < -0.4 is 22.1 Å². The van der Waals surface area contributed by atoms with Crippen molar-refractivity contribution >= 4 is 35.1 Å². The molecule has 2 amide bonds. The maximum Gasteiger partial charge on any atom is 0.273 e. The van der Waals surface area contributed by atoms with Crippen molar-refractivity contribution in [1.82, 2.24) is 20.6 Å². The second-order valence-electron chi connectivity index (χ2n) is 7.75. The first-order valence-electron chi connectivity index (χ1n) is 9.62. The van der Waals surface area contributed by atoms with Crippen LogP contribution in [0.4, 0.5) is 11.6 Å². The van der Waals surface area contributed by atoms with Gasteiger partial charge in [0.2, 0.25) is 0 Å². The number of nitrogens with zero attached hydrogens (tertiary/aromatic N) is 3. The Bertz CT molecular complexity index is 901. The van der Waals surface area contributed by atoms with Crippen molar-refractivity contribution < 1.29 is 14.1 Å². The maximum absolute atomic E-state index is 12.3. The molecule has 0 unspecified atom stereocenters. The van der Waals surface area contributed by atoms with Gasteiger partial charge < -0.3 is 26.6 Å². The second kappa shape index (κ2) is 10.2. The molecule has 1 heterocycles. The highest BCUT2D eigenvalue weighted by atomic mass is 35.5. The largest absolute Gasteiger partial charge is 0.382 e. The topological polar surface area (TPSA) is 136 Å². The molecule has 2 aromatic rings. The standard InChI is InChI=1S/C20H28ClN7O2/c1-13-5-7-14(8-6-13)19(29)24-9-4-11-28(2,3)12-10-25-20(30)15-17(22)27-18(23)16(21)26-15/h5-8H,4,9-12H2,1-3H3,(H5-,22,23,24,25,27,29,30)/p+1. The summed E-state index contributed by atoms with van der Waals surface area (Å²) in [5.74, 6) is -0.605. The number of quaternary nitrogens is 1. The van der Waals surface area contributed by atoms with Crippen LogP contribution in [-0.2, 0) is 0 Å². The number of nitrogen functional groups attached to an aromatic ring is 2. The van der Waals surface area contributed by atoms with E-state index in [-0.39, 0.29) is 28.4 Å². The van der Waals surface area contributed by atoms with E-state index in [4.69, 9.17) is 23.1 Å². The molecule has 0 spiro atoms. The predicted octanol–water partition coefficient (Wildman–Crippen LogP) is 1.23. The molecule has 0 atom stereocenters. The number of likely N-dealkylation sites (N-methyl/N-ethyl adjacent to an activating group) is 1. The average molecular weight is 435 g/mol. The lowest BCUT2D eigenvalue weighted by Gasteiger charge is -2.30. The fraction of sp³-hybridized carbons (Fsp3) is 0.400. The summed E-state index contributed by atoms with van der Waals surface area (Å²) >= 11 is 5.81. The molecule has 1 aromatic carbocycles. The maximum atomic E-state index is 12.3. The highest BCUT2D eigenvalue weighted by molar-refractivity contribution is 6.31. The highest BCUT2D eigenvalue weighted by Gasteiger charge is 2.18. The molecule has 6 N–H and O–H groups in total. The Morgan fingerprint density at radius 2 is 1.60 bits per heavy atom. The van der Waals surface area contributed by atoms with Gasteiger partial charge in [0, 0.05) is 18.5 Å². The molecular weight excluding hydrogens is 406 g/mol. The first-order valence-corrected chi connectivity index (χ1v) is 10.0. The van der Waals surface area contributed by atoms with Crippen molar-refractivity contribution in [3.05, 3.63) is 46.2 Å². The van der Waals surface area contributed by atoms with Crippen molar-refractivity contribution in [1.29, 1.82) is 0 Å². The number of aromatic nitrogens is 2. The smallest absolute Gasteiger partial charge is 0.273 e. The van der Waals surface area contributed by atoms with Gasteiger partial charge in [0.15, 0.2) is 22.5 Å². The zero-order chi connectivity index (χ0) is 22.3. The van der Waals surface area contributed by atoms with Crippen molar-refractivity contribution in [3.8, 4) is 0 Å². The molecule has 0 aliphatic carbocycles. The van der Waals surface area contributed by atoms with E-state index in [0.29, 0.717) is 29.7 Å². The predicted molar refractivity (Wildman–Crippen MR) is 118 cm³/mol. The van der Waals surface area contributed by atoms with Crippen LogP contribution in [0, 0.1) is 6.92 Å². The van der Waals surface area contributed by atoms with Crippen molar-refractivity contribution in [3.63, 3.8) is 0 Å². The molecule has 9 nitrogen and oxygen atoms in total. The number of benzene rings is 1. The molecule has 0 aliphatic heterocycles. The third-order valence-electron chi connectivity index (χ3n) is 4.66.